The molecule has 2 N–H and O–H groups in total. The first-order chi connectivity index (χ1) is 13.3. The molecule has 4 nitrogen and oxygen atoms in total. The maximum Gasteiger partial charge on any atom is 0.391 e. The Bertz CT molecular complexity index is 657. The van der Waals surface area contributed by atoms with Crippen LogP contribution in [0.3, 0.4) is 0 Å². The molecule has 1 heterocycles. The molecule has 2 unspecified atom stereocenters. The SMILES string of the molecule is Cc1ccccc1CN1CCC(NC(=O)NC2CCCC(C(F)(F)F)C2)CC1. The van der Waals surface area contributed by atoms with Crippen LogP contribution in [-0.4, -0.2) is 42.3 Å². The van der Waals surface area contributed by atoms with Crippen molar-refractivity contribution in [3.05, 3.63) is 35.4 Å². The summed E-state index contributed by atoms with van der Waals surface area (Å²) < 4.78 is 38.7. The molecule has 28 heavy (non-hydrogen) atoms. The molecule has 0 radical (unpaired) electrons. The fourth-order valence-corrected chi connectivity index (χ4v) is 4.29. The number of nitrogens with zero attached hydrogens (tertiary/aromatic N) is 1. The highest BCUT2D eigenvalue weighted by atomic mass is 19.4. The van der Waals surface area contributed by atoms with Crippen molar-refractivity contribution < 1.29 is 18.0 Å². The van der Waals surface area contributed by atoms with Gasteiger partial charge in [0.15, 0.2) is 0 Å². The number of rotatable bonds is 4. The number of hydrogen-bond acceptors (Lipinski definition) is 2. The zero-order chi connectivity index (χ0) is 20.1. The first-order valence-electron chi connectivity index (χ1n) is 10.2. The lowest BCUT2D eigenvalue weighted by Gasteiger charge is -2.34. The average Bonchev–Trinajstić information content (AvgIpc) is 2.65. The monoisotopic (exact) mass is 397 g/mol. The molecule has 1 aromatic carbocycles. The zero-order valence-corrected chi connectivity index (χ0v) is 16.4. The predicted molar refractivity (Wildman–Crippen MR) is 103 cm³/mol. The molecule has 2 aliphatic rings. The summed E-state index contributed by atoms with van der Waals surface area (Å²) in [6, 6.07) is 7.71. The Morgan fingerprint density at radius 3 is 2.43 bits per heavy atom. The summed E-state index contributed by atoms with van der Waals surface area (Å²) in [7, 11) is 0. The second kappa shape index (κ2) is 9.16. The van der Waals surface area contributed by atoms with Gasteiger partial charge in [0.25, 0.3) is 0 Å². The zero-order valence-electron chi connectivity index (χ0n) is 16.4. The third-order valence-corrected chi connectivity index (χ3v) is 6.05. The van der Waals surface area contributed by atoms with Gasteiger partial charge in [-0.1, -0.05) is 30.7 Å². The van der Waals surface area contributed by atoms with E-state index in [9.17, 15) is 18.0 Å². The summed E-state index contributed by atoms with van der Waals surface area (Å²) in [6.07, 6.45) is -1.17. The minimum absolute atomic E-state index is 0.00814. The number of piperidine rings is 1. The van der Waals surface area contributed by atoms with Gasteiger partial charge < -0.3 is 10.6 Å². The van der Waals surface area contributed by atoms with E-state index in [4.69, 9.17) is 0 Å². The van der Waals surface area contributed by atoms with Crippen molar-refractivity contribution in [1.82, 2.24) is 15.5 Å². The Labute approximate surface area is 164 Å². The minimum Gasteiger partial charge on any atom is -0.335 e. The fourth-order valence-electron chi connectivity index (χ4n) is 4.29. The van der Waals surface area contributed by atoms with E-state index < -0.39 is 12.1 Å². The van der Waals surface area contributed by atoms with Crippen LogP contribution in [0.25, 0.3) is 0 Å². The molecule has 2 atom stereocenters. The molecule has 1 aliphatic heterocycles. The number of urea groups is 1. The average molecular weight is 397 g/mol. The van der Waals surface area contributed by atoms with Gasteiger partial charge >= 0.3 is 12.2 Å². The van der Waals surface area contributed by atoms with Crippen LogP contribution >= 0.6 is 0 Å². The van der Waals surface area contributed by atoms with Gasteiger partial charge in [-0.2, -0.15) is 13.2 Å². The van der Waals surface area contributed by atoms with Crippen molar-refractivity contribution in [2.45, 2.75) is 70.3 Å². The standard InChI is InChI=1S/C21H30F3N3O/c1-15-5-2-3-6-16(15)14-27-11-9-18(10-12-27)25-20(28)26-19-8-4-7-17(13-19)21(22,23)24/h2-3,5-6,17-19H,4,7-14H2,1H3,(H2,25,26,28). The topological polar surface area (TPSA) is 44.4 Å². The van der Waals surface area contributed by atoms with Gasteiger partial charge in [-0.15, -0.1) is 0 Å². The van der Waals surface area contributed by atoms with Crippen molar-refractivity contribution >= 4 is 6.03 Å². The Kier molecular flexibility index (Phi) is 6.86. The lowest BCUT2D eigenvalue weighted by Crippen LogP contribution is -2.51. The maximum atomic E-state index is 12.9. The summed E-state index contributed by atoms with van der Waals surface area (Å²) >= 11 is 0. The van der Waals surface area contributed by atoms with Crippen LogP contribution in [0.15, 0.2) is 24.3 Å². The largest absolute Gasteiger partial charge is 0.391 e. The van der Waals surface area contributed by atoms with Crippen molar-refractivity contribution in [2.75, 3.05) is 13.1 Å². The number of alkyl halides is 3. The van der Waals surface area contributed by atoms with Crippen LogP contribution in [0.1, 0.15) is 49.7 Å². The van der Waals surface area contributed by atoms with Gasteiger partial charge in [0.1, 0.15) is 0 Å². The van der Waals surface area contributed by atoms with Gasteiger partial charge in [-0.3, -0.25) is 4.90 Å². The molecule has 1 aliphatic carbocycles. The van der Waals surface area contributed by atoms with E-state index in [1.807, 2.05) is 6.07 Å². The van der Waals surface area contributed by atoms with Crippen LogP contribution in [0.2, 0.25) is 0 Å². The number of nitrogens with one attached hydrogen (secondary N) is 2. The van der Waals surface area contributed by atoms with Crippen LogP contribution in [0, 0.1) is 12.8 Å². The second-order valence-electron chi connectivity index (χ2n) is 8.20. The van der Waals surface area contributed by atoms with Gasteiger partial charge in [-0.05, 0) is 50.2 Å². The highest BCUT2D eigenvalue weighted by molar-refractivity contribution is 5.74. The summed E-state index contributed by atoms with van der Waals surface area (Å²) in [5, 5.41) is 5.72. The molecule has 0 spiro atoms. The van der Waals surface area contributed by atoms with Crippen LogP contribution < -0.4 is 10.6 Å². The smallest absolute Gasteiger partial charge is 0.335 e. The minimum atomic E-state index is -4.17. The van der Waals surface area contributed by atoms with Crippen LogP contribution in [-0.2, 0) is 6.54 Å². The van der Waals surface area contributed by atoms with Gasteiger partial charge in [0.05, 0.1) is 5.92 Å². The Hall–Kier alpha value is -1.76. The van der Waals surface area contributed by atoms with E-state index in [0.717, 1.165) is 32.5 Å². The van der Waals surface area contributed by atoms with Gasteiger partial charge in [0.2, 0.25) is 0 Å². The van der Waals surface area contributed by atoms with E-state index in [2.05, 4.69) is 40.7 Å². The van der Waals surface area contributed by atoms with E-state index in [-0.39, 0.29) is 31.0 Å². The number of carbonyl (C=O) groups excluding carboxylic acids is 1. The summed E-state index contributed by atoms with van der Waals surface area (Å²) in [5.41, 5.74) is 2.61. The van der Waals surface area contributed by atoms with E-state index in [1.165, 1.54) is 11.1 Å². The number of carbonyl (C=O) groups is 1. The fraction of sp³-hybridized carbons (Fsp3) is 0.667. The number of amides is 2. The molecule has 2 amide bonds. The highest BCUT2D eigenvalue weighted by Crippen LogP contribution is 2.37. The third kappa shape index (κ3) is 5.87. The molecular weight excluding hydrogens is 367 g/mol. The van der Waals surface area contributed by atoms with Crippen molar-refractivity contribution in [3.8, 4) is 0 Å². The molecule has 1 saturated carbocycles. The highest BCUT2D eigenvalue weighted by Gasteiger charge is 2.42. The first kappa shape index (κ1) is 21.0. The molecule has 156 valence electrons. The summed E-state index contributed by atoms with van der Waals surface area (Å²) in [4.78, 5) is 14.6. The number of benzene rings is 1. The van der Waals surface area contributed by atoms with Crippen LogP contribution in [0.4, 0.5) is 18.0 Å². The normalized spacial score (nSPS) is 24.7. The molecular formula is C21H30F3N3O. The molecule has 0 aromatic heterocycles. The molecule has 3 rings (SSSR count). The Morgan fingerprint density at radius 2 is 1.75 bits per heavy atom. The van der Waals surface area contributed by atoms with Gasteiger partial charge in [0, 0.05) is 31.7 Å². The van der Waals surface area contributed by atoms with E-state index in [0.29, 0.717) is 12.8 Å². The second-order valence-corrected chi connectivity index (χ2v) is 8.20. The predicted octanol–water partition coefficient (Wildman–Crippen LogP) is 4.38. The number of hydrogen-bond donors (Lipinski definition) is 2. The molecule has 7 heteroatoms. The summed E-state index contributed by atoms with van der Waals surface area (Å²) in [5.74, 6) is -1.30. The molecule has 1 aromatic rings. The first-order valence-corrected chi connectivity index (χ1v) is 10.2. The van der Waals surface area contributed by atoms with Crippen molar-refractivity contribution in [1.29, 1.82) is 0 Å². The van der Waals surface area contributed by atoms with Crippen molar-refractivity contribution in [3.63, 3.8) is 0 Å². The van der Waals surface area contributed by atoms with Gasteiger partial charge in [-0.25, -0.2) is 4.79 Å². The molecule has 2 fully saturated rings. The number of aryl methyl sites for hydroxylation is 1. The number of likely N-dealkylation sites (tertiary alicyclic amines) is 1. The van der Waals surface area contributed by atoms with Crippen LogP contribution in [0.5, 0.6) is 0 Å². The molecule has 1 saturated heterocycles. The van der Waals surface area contributed by atoms with E-state index >= 15 is 0 Å². The molecule has 0 bridgehead atoms. The lowest BCUT2D eigenvalue weighted by atomic mass is 9.85. The van der Waals surface area contributed by atoms with E-state index in [1.54, 1.807) is 0 Å². The maximum absolute atomic E-state index is 12.9. The third-order valence-electron chi connectivity index (χ3n) is 6.05. The quantitative estimate of drug-likeness (QED) is 0.792. The van der Waals surface area contributed by atoms with Crippen molar-refractivity contribution in [2.24, 2.45) is 5.92 Å². The summed E-state index contributed by atoms with van der Waals surface area (Å²) in [6.45, 7) is 4.83. The lowest BCUT2D eigenvalue weighted by molar-refractivity contribution is -0.183. The Balaban J connectivity index is 1.40. The number of halogens is 3. The Morgan fingerprint density at radius 1 is 1.07 bits per heavy atom.